The molecule has 2 unspecified atom stereocenters. The van der Waals surface area contributed by atoms with Gasteiger partial charge in [-0.05, 0) is 38.9 Å². The van der Waals surface area contributed by atoms with E-state index in [1.807, 2.05) is 11.3 Å². The minimum Gasteiger partial charge on any atom is -0.329 e. The molecule has 1 rings (SSSR count). The highest BCUT2D eigenvalue weighted by Crippen LogP contribution is 2.28. The van der Waals surface area contributed by atoms with E-state index < -0.39 is 0 Å². The summed E-state index contributed by atoms with van der Waals surface area (Å²) < 4.78 is 0. The maximum Gasteiger partial charge on any atom is 0.0564 e. The van der Waals surface area contributed by atoms with Crippen LogP contribution in [0.2, 0.25) is 0 Å². The lowest BCUT2D eigenvalue weighted by Gasteiger charge is -2.31. The second-order valence-electron chi connectivity index (χ2n) is 4.71. The van der Waals surface area contributed by atoms with E-state index in [0.717, 1.165) is 6.42 Å². The molecule has 0 bridgehead atoms. The van der Waals surface area contributed by atoms with Gasteiger partial charge >= 0.3 is 0 Å². The van der Waals surface area contributed by atoms with Crippen LogP contribution in [0.1, 0.15) is 49.4 Å². The van der Waals surface area contributed by atoms with E-state index in [2.05, 4.69) is 44.9 Å². The van der Waals surface area contributed by atoms with Crippen LogP contribution in [-0.2, 0) is 6.42 Å². The monoisotopic (exact) mass is 254 g/mol. The molecular weight excluding hydrogens is 228 g/mol. The molecule has 2 nitrogen and oxygen atoms in total. The molecule has 2 atom stereocenters. The Morgan fingerprint density at radius 2 is 2.06 bits per heavy atom. The second kappa shape index (κ2) is 7.14. The van der Waals surface area contributed by atoms with E-state index in [0.29, 0.717) is 18.6 Å². The lowest BCUT2D eigenvalue weighted by atomic mass is 10.1. The SMILES string of the molecule is CCCC(C)N(C)C(CN)c1ccc(CC)s1. The highest BCUT2D eigenvalue weighted by Gasteiger charge is 2.21. The second-order valence-corrected chi connectivity index (χ2v) is 5.91. The molecule has 2 N–H and O–H groups in total. The van der Waals surface area contributed by atoms with Crippen LogP contribution in [0.4, 0.5) is 0 Å². The minimum absolute atomic E-state index is 0.377. The highest BCUT2D eigenvalue weighted by atomic mass is 32.1. The van der Waals surface area contributed by atoms with Crippen molar-refractivity contribution in [3.05, 3.63) is 21.9 Å². The first-order valence-electron chi connectivity index (χ1n) is 6.64. The van der Waals surface area contributed by atoms with Crippen molar-refractivity contribution in [1.82, 2.24) is 4.90 Å². The Kier molecular flexibility index (Phi) is 6.17. The first-order chi connectivity index (χ1) is 8.13. The number of aryl methyl sites for hydroxylation is 1. The molecular formula is C14H26N2S. The molecule has 0 fully saturated rings. The van der Waals surface area contributed by atoms with Gasteiger partial charge in [-0.1, -0.05) is 20.3 Å². The molecule has 1 aromatic rings. The third-order valence-corrected chi connectivity index (χ3v) is 4.81. The van der Waals surface area contributed by atoms with Crippen molar-refractivity contribution in [2.45, 2.75) is 52.1 Å². The van der Waals surface area contributed by atoms with Crippen molar-refractivity contribution in [1.29, 1.82) is 0 Å². The summed E-state index contributed by atoms with van der Waals surface area (Å²) >= 11 is 1.91. The van der Waals surface area contributed by atoms with Gasteiger partial charge in [0.2, 0.25) is 0 Å². The summed E-state index contributed by atoms with van der Waals surface area (Å²) in [6.45, 7) is 7.44. The molecule has 0 spiro atoms. The number of rotatable bonds is 7. The Morgan fingerprint density at radius 1 is 1.35 bits per heavy atom. The van der Waals surface area contributed by atoms with Crippen molar-refractivity contribution in [2.75, 3.05) is 13.6 Å². The maximum atomic E-state index is 5.96. The van der Waals surface area contributed by atoms with Crippen LogP contribution in [-0.4, -0.2) is 24.5 Å². The van der Waals surface area contributed by atoms with Gasteiger partial charge in [0.05, 0.1) is 6.04 Å². The Balaban J connectivity index is 2.76. The van der Waals surface area contributed by atoms with Crippen molar-refractivity contribution < 1.29 is 0 Å². The Morgan fingerprint density at radius 3 is 2.53 bits per heavy atom. The molecule has 0 aliphatic heterocycles. The average Bonchev–Trinajstić information content (AvgIpc) is 2.79. The van der Waals surface area contributed by atoms with Crippen LogP contribution in [0, 0.1) is 0 Å². The molecule has 3 heteroatoms. The number of nitrogens with zero attached hydrogens (tertiary/aromatic N) is 1. The van der Waals surface area contributed by atoms with Crippen molar-refractivity contribution >= 4 is 11.3 Å². The summed E-state index contributed by atoms with van der Waals surface area (Å²) in [5.74, 6) is 0. The van der Waals surface area contributed by atoms with Crippen LogP contribution < -0.4 is 5.73 Å². The summed E-state index contributed by atoms with van der Waals surface area (Å²) in [6.07, 6.45) is 3.59. The zero-order valence-corrected chi connectivity index (χ0v) is 12.4. The van der Waals surface area contributed by atoms with Crippen molar-refractivity contribution in [3.63, 3.8) is 0 Å². The van der Waals surface area contributed by atoms with Gasteiger partial charge in [0, 0.05) is 22.3 Å². The summed E-state index contributed by atoms with van der Waals surface area (Å²) in [7, 11) is 2.20. The van der Waals surface area contributed by atoms with Gasteiger partial charge in [-0.2, -0.15) is 0 Å². The fourth-order valence-electron chi connectivity index (χ4n) is 2.18. The van der Waals surface area contributed by atoms with Crippen LogP contribution in [0.3, 0.4) is 0 Å². The van der Waals surface area contributed by atoms with Crippen molar-refractivity contribution in [3.8, 4) is 0 Å². The largest absolute Gasteiger partial charge is 0.329 e. The number of hydrogen-bond donors (Lipinski definition) is 1. The molecule has 0 amide bonds. The van der Waals surface area contributed by atoms with E-state index in [-0.39, 0.29) is 0 Å². The quantitative estimate of drug-likeness (QED) is 0.807. The van der Waals surface area contributed by atoms with E-state index >= 15 is 0 Å². The Hall–Kier alpha value is -0.380. The van der Waals surface area contributed by atoms with Gasteiger partial charge in [0.15, 0.2) is 0 Å². The number of thiophene rings is 1. The highest BCUT2D eigenvalue weighted by molar-refractivity contribution is 7.12. The van der Waals surface area contributed by atoms with Gasteiger partial charge in [-0.15, -0.1) is 11.3 Å². The molecule has 0 aliphatic rings. The molecule has 0 radical (unpaired) electrons. The third kappa shape index (κ3) is 3.80. The molecule has 1 heterocycles. The number of hydrogen-bond acceptors (Lipinski definition) is 3. The van der Waals surface area contributed by atoms with E-state index in [1.165, 1.54) is 22.6 Å². The van der Waals surface area contributed by atoms with Crippen LogP contribution in [0.15, 0.2) is 12.1 Å². The van der Waals surface area contributed by atoms with Gasteiger partial charge in [0.25, 0.3) is 0 Å². The average molecular weight is 254 g/mol. The Bertz CT molecular complexity index is 322. The fourth-order valence-corrected chi connectivity index (χ4v) is 3.29. The number of likely N-dealkylation sites (N-methyl/N-ethyl adjacent to an activating group) is 1. The molecule has 17 heavy (non-hydrogen) atoms. The zero-order valence-electron chi connectivity index (χ0n) is 11.6. The smallest absolute Gasteiger partial charge is 0.0564 e. The predicted molar refractivity (Wildman–Crippen MR) is 77.6 cm³/mol. The predicted octanol–water partition coefficient (Wildman–Crippen LogP) is 3.43. The van der Waals surface area contributed by atoms with E-state index in [1.54, 1.807) is 0 Å². The maximum absolute atomic E-state index is 5.96. The van der Waals surface area contributed by atoms with E-state index in [4.69, 9.17) is 5.73 Å². The van der Waals surface area contributed by atoms with Crippen LogP contribution >= 0.6 is 11.3 Å². The minimum atomic E-state index is 0.377. The standard InChI is InChI=1S/C14H26N2S/c1-5-7-11(3)16(4)13(10-15)14-9-8-12(6-2)17-14/h8-9,11,13H,5-7,10,15H2,1-4H3. The Labute approximate surface area is 110 Å². The fraction of sp³-hybridized carbons (Fsp3) is 0.714. The first-order valence-corrected chi connectivity index (χ1v) is 7.46. The van der Waals surface area contributed by atoms with Gasteiger partial charge in [0.1, 0.15) is 0 Å². The third-order valence-electron chi connectivity index (χ3n) is 3.48. The topological polar surface area (TPSA) is 29.3 Å². The number of nitrogens with two attached hydrogens (primary N) is 1. The zero-order chi connectivity index (χ0) is 12.8. The van der Waals surface area contributed by atoms with Crippen LogP contribution in [0.25, 0.3) is 0 Å². The molecule has 0 saturated heterocycles. The first kappa shape index (κ1) is 14.7. The van der Waals surface area contributed by atoms with E-state index in [9.17, 15) is 0 Å². The molecule has 1 aromatic heterocycles. The summed E-state index contributed by atoms with van der Waals surface area (Å²) in [4.78, 5) is 5.29. The lowest BCUT2D eigenvalue weighted by molar-refractivity contribution is 0.182. The summed E-state index contributed by atoms with van der Waals surface area (Å²) in [5.41, 5.74) is 5.96. The molecule has 0 aliphatic carbocycles. The molecule has 0 saturated carbocycles. The summed E-state index contributed by atoms with van der Waals surface area (Å²) in [5, 5.41) is 0. The molecule has 98 valence electrons. The van der Waals surface area contributed by atoms with Crippen LogP contribution in [0.5, 0.6) is 0 Å². The molecule has 0 aromatic carbocycles. The van der Waals surface area contributed by atoms with Gasteiger partial charge < -0.3 is 5.73 Å². The van der Waals surface area contributed by atoms with Gasteiger partial charge in [-0.25, -0.2) is 0 Å². The lowest BCUT2D eigenvalue weighted by Crippen LogP contribution is -2.36. The van der Waals surface area contributed by atoms with Gasteiger partial charge in [-0.3, -0.25) is 4.90 Å². The van der Waals surface area contributed by atoms with Crippen molar-refractivity contribution in [2.24, 2.45) is 5.73 Å². The summed E-state index contributed by atoms with van der Waals surface area (Å²) in [6, 6.07) is 5.46. The normalized spacial score (nSPS) is 15.2.